The first-order chi connectivity index (χ1) is 13.4. The molecule has 0 aliphatic carbocycles. The Hall–Kier alpha value is -2.09. The summed E-state index contributed by atoms with van der Waals surface area (Å²) in [5.74, 6) is -0.325. The van der Waals surface area contributed by atoms with Gasteiger partial charge in [0.25, 0.3) is 5.91 Å². The molecule has 2 aromatic rings. The van der Waals surface area contributed by atoms with Crippen molar-refractivity contribution in [1.82, 2.24) is 4.72 Å². The molecule has 0 radical (unpaired) electrons. The van der Waals surface area contributed by atoms with Crippen molar-refractivity contribution in [3.8, 4) is 0 Å². The highest BCUT2D eigenvalue weighted by Crippen LogP contribution is 2.31. The molecule has 3 rings (SSSR count). The van der Waals surface area contributed by atoms with Crippen LogP contribution in [0.4, 0.5) is 11.4 Å². The Morgan fingerprint density at radius 3 is 2.36 bits per heavy atom. The van der Waals surface area contributed by atoms with E-state index in [2.05, 4.69) is 14.9 Å². The molecule has 1 heterocycles. The Morgan fingerprint density at radius 2 is 1.75 bits per heavy atom. The Bertz CT molecular complexity index is 940. The summed E-state index contributed by atoms with van der Waals surface area (Å²) in [4.78, 5) is 14.9. The zero-order chi connectivity index (χ0) is 20.1. The molecular weight excluding hydrogens is 398 g/mol. The van der Waals surface area contributed by atoms with Crippen LogP contribution in [-0.2, 0) is 10.0 Å². The number of carbonyl (C=O) groups is 1. The summed E-state index contributed by atoms with van der Waals surface area (Å²) in [6.45, 7) is 4.00. The number of sulfonamides is 1. The second-order valence-electron chi connectivity index (χ2n) is 6.69. The van der Waals surface area contributed by atoms with Gasteiger partial charge in [-0.3, -0.25) is 4.79 Å². The van der Waals surface area contributed by atoms with E-state index in [1.807, 2.05) is 12.1 Å². The van der Waals surface area contributed by atoms with Crippen molar-refractivity contribution in [1.29, 1.82) is 0 Å². The summed E-state index contributed by atoms with van der Waals surface area (Å²) < 4.78 is 26.4. The summed E-state index contributed by atoms with van der Waals surface area (Å²) in [6.07, 6.45) is 3.57. The molecular formula is C20H24ClN3O3S. The minimum absolute atomic E-state index is 0.125. The molecule has 28 heavy (non-hydrogen) atoms. The van der Waals surface area contributed by atoms with Gasteiger partial charge in [-0.2, -0.15) is 0 Å². The fourth-order valence-electron chi connectivity index (χ4n) is 3.24. The fraction of sp³-hybridized carbons (Fsp3) is 0.350. The molecule has 0 atom stereocenters. The van der Waals surface area contributed by atoms with Gasteiger partial charge in [0.15, 0.2) is 0 Å². The van der Waals surface area contributed by atoms with Crippen molar-refractivity contribution in [2.75, 3.05) is 29.9 Å². The first-order valence-corrected chi connectivity index (χ1v) is 11.2. The zero-order valence-corrected chi connectivity index (χ0v) is 17.3. The number of nitrogens with zero attached hydrogens (tertiary/aromatic N) is 1. The average molecular weight is 422 g/mol. The van der Waals surface area contributed by atoms with Crippen molar-refractivity contribution in [2.24, 2.45) is 0 Å². The third-order valence-electron chi connectivity index (χ3n) is 4.66. The molecule has 0 saturated carbocycles. The topological polar surface area (TPSA) is 78.5 Å². The van der Waals surface area contributed by atoms with E-state index in [0.717, 1.165) is 31.6 Å². The summed E-state index contributed by atoms with van der Waals surface area (Å²) >= 11 is 6.43. The SMILES string of the molecule is CCNS(=O)(=O)c1ccc(C(=O)Nc2ccc(N3CCCCC3)c(Cl)c2)cc1. The van der Waals surface area contributed by atoms with E-state index in [-0.39, 0.29) is 10.8 Å². The molecule has 1 fully saturated rings. The molecule has 1 aliphatic rings. The van der Waals surface area contributed by atoms with Crippen LogP contribution in [0.3, 0.4) is 0 Å². The van der Waals surface area contributed by atoms with Crippen molar-refractivity contribution >= 4 is 38.9 Å². The van der Waals surface area contributed by atoms with Gasteiger partial charge in [-0.1, -0.05) is 18.5 Å². The molecule has 150 valence electrons. The molecule has 1 saturated heterocycles. The monoisotopic (exact) mass is 421 g/mol. The van der Waals surface area contributed by atoms with Crippen LogP contribution in [0, 0.1) is 0 Å². The number of benzene rings is 2. The third-order valence-corrected chi connectivity index (χ3v) is 6.53. The van der Waals surface area contributed by atoms with E-state index in [0.29, 0.717) is 22.8 Å². The van der Waals surface area contributed by atoms with Crippen LogP contribution in [-0.4, -0.2) is 34.0 Å². The number of halogens is 1. The molecule has 0 spiro atoms. The molecule has 0 bridgehead atoms. The first-order valence-electron chi connectivity index (χ1n) is 9.36. The highest BCUT2D eigenvalue weighted by atomic mass is 35.5. The standard InChI is InChI=1S/C20H24ClN3O3S/c1-2-22-28(26,27)17-9-6-15(7-10-17)20(25)23-16-8-11-19(18(21)14-16)24-12-4-3-5-13-24/h6-11,14,22H,2-5,12-13H2,1H3,(H,23,25). The molecule has 0 unspecified atom stereocenters. The molecule has 0 aromatic heterocycles. The fourth-order valence-corrected chi connectivity index (χ4v) is 4.58. The largest absolute Gasteiger partial charge is 0.370 e. The van der Waals surface area contributed by atoms with E-state index in [9.17, 15) is 13.2 Å². The van der Waals surface area contributed by atoms with E-state index in [1.54, 1.807) is 13.0 Å². The normalized spacial score (nSPS) is 14.7. The number of carbonyl (C=O) groups excluding carboxylic acids is 1. The third kappa shape index (κ3) is 4.84. The molecule has 6 nitrogen and oxygen atoms in total. The first kappa shape index (κ1) is 20.6. The smallest absolute Gasteiger partial charge is 0.255 e. The van der Waals surface area contributed by atoms with Crippen LogP contribution in [0.15, 0.2) is 47.4 Å². The van der Waals surface area contributed by atoms with Crippen molar-refractivity contribution in [3.05, 3.63) is 53.1 Å². The number of rotatable bonds is 6. The number of amides is 1. The Morgan fingerprint density at radius 1 is 1.07 bits per heavy atom. The number of hydrogen-bond donors (Lipinski definition) is 2. The van der Waals surface area contributed by atoms with E-state index < -0.39 is 10.0 Å². The lowest BCUT2D eigenvalue weighted by atomic mass is 10.1. The van der Waals surface area contributed by atoms with Gasteiger partial charge < -0.3 is 10.2 Å². The Labute approximate surface area is 170 Å². The minimum atomic E-state index is -3.54. The predicted molar refractivity (Wildman–Crippen MR) is 113 cm³/mol. The predicted octanol–water partition coefficient (Wildman–Crippen LogP) is 3.88. The van der Waals surface area contributed by atoms with Gasteiger partial charge in [0.05, 0.1) is 15.6 Å². The Balaban J connectivity index is 1.70. The minimum Gasteiger partial charge on any atom is -0.370 e. The molecule has 1 amide bonds. The number of anilines is 2. The lowest BCUT2D eigenvalue weighted by Gasteiger charge is -2.29. The lowest BCUT2D eigenvalue weighted by molar-refractivity contribution is 0.102. The molecule has 2 aromatic carbocycles. The van der Waals surface area contributed by atoms with Crippen LogP contribution in [0.2, 0.25) is 5.02 Å². The highest BCUT2D eigenvalue weighted by Gasteiger charge is 2.16. The number of nitrogens with one attached hydrogen (secondary N) is 2. The second-order valence-corrected chi connectivity index (χ2v) is 8.87. The van der Waals surface area contributed by atoms with Crippen LogP contribution >= 0.6 is 11.6 Å². The summed E-state index contributed by atoms with van der Waals surface area (Å²) in [5, 5.41) is 3.41. The van der Waals surface area contributed by atoms with Gasteiger partial charge in [0.2, 0.25) is 10.0 Å². The highest BCUT2D eigenvalue weighted by molar-refractivity contribution is 7.89. The van der Waals surface area contributed by atoms with Crippen LogP contribution in [0.25, 0.3) is 0 Å². The van der Waals surface area contributed by atoms with Gasteiger partial charge in [0.1, 0.15) is 0 Å². The van der Waals surface area contributed by atoms with Crippen molar-refractivity contribution in [3.63, 3.8) is 0 Å². The van der Waals surface area contributed by atoms with Crippen LogP contribution in [0.5, 0.6) is 0 Å². The van der Waals surface area contributed by atoms with Crippen LogP contribution < -0.4 is 14.9 Å². The van der Waals surface area contributed by atoms with Gasteiger partial charge >= 0.3 is 0 Å². The maximum absolute atomic E-state index is 12.5. The summed E-state index contributed by atoms with van der Waals surface area (Å²) in [6, 6.07) is 11.3. The molecule has 2 N–H and O–H groups in total. The van der Waals surface area contributed by atoms with Gasteiger partial charge in [-0.25, -0.2) is 13.1 Å². The van der Waals surface area contributed by atoms with Crippen LogP contribution in [0.1, 0.15) is 36.5 Å². The summed E-state index contributed by atoms with van der Waals surface area (Å²) in [7, 11) is -3.54. The number of piperidine rings is 1. The lowest BCUT2D eigenvalue weighted by Crippen LogP contribution is -2.29. The van der Waals surface area contributed by atoms with E-state index >= 15 is 0 Å². The second kappa shape index (κ2) is 8.94. The summed E-state index contributed by atoms with van der Waals surface area (Å²) in [5.41, 5.74) is 1.95. The van der Waals surface area contributed by atoms with Crippen molar-refractivity contribution < 1.29 is 13.2 Å². The van der Waals surface area contributed by atoms with E-state index in [1.165, 1.54) is 30.7 Å². The zero-order valence-electron chi connectivity index (χ0n) is 15.7. The van der Waals surface area contributed by atoms with Gasteiger partial charge in [0, 0.05) is 30.9 Å². The quantitative estimate of drug-likeness (QED) is 0.741. The van der Waals surface area contributed by atoms with Gasteiger partial charge in [-0.05, 0) is 61.7 Å². The maximum Gasteiger partial charge on any atom is 0.255 e. The Kier molecular flexibility index (Phi) is 6.59. The average Bonchev–Trinajstić information content (AvgIpc) is 2.69. The maximum atomic E-state index is 12.5. The number of hydrogen-bond acceptors (Lipinski definition) is 4. The molecule has 8 heteroatoms. The molecule has 1 aliphatic heterocycles. The van der Waals surface area contributed by atoms with Gasteiger partial charge in [-0.15, -0.1) is 0 Å². The van der Waals surface area contributed by atoms with E-state index in [4.69, 9.17) is 11.6 Å². The van der Waals surface area contributed by atoms with Crippen molar-refractivity contribution in [2.45, 2.75) is 31.1 Å².